The summed E-state index contributed by atoms with van der Waals surface area (Å²) in [7, 11) is 0. The molecule has 0 aliphatic rings. The van der Waals surface area contributed by atoms with Crippen LogP contribution in [0.15, 0.2) is 114 Å². The van der Waals surface area contributed by atoms with Gasteiger partial charge in [0.25, 0.3) is 0 Å². The summed E-state index contributed by atoms with van der Waals surface area (Å²) in [5, 5.41) is 0. The summed E-state index contributed by atoms with van der Waals surface area (Å²) in [4.78, 5) is 1.89. The quantitative estimate of drug-likeness (QED) is 0.242. The normalized spacial score (nSPS) is 13.2. The number of rotatable bonds is 9. The fourth-order valence-corrected chi connectivity index (χ4v) is 3.93. The van der Waals surface area contributed by atoms with Gasteiger partial charge in [0, 0.05) is 0 Å². The number of hydrogen-bond donors (Lipinski definition) is 0. The Hall–Kier alpha value is -2.42. The molecule has 0 saturated carbocycles. The molecule has 1 nitrogen and oxygen atoms in total. The second-order valence-corrected chi connectivity index (χ2v) is 7.40. The Kier molecular flexibility index (Phi) is 8.03. The topological polar surface area (TPSA) is 9.23 Å². The Morgan fingerprint density at radius 1 is 0.759 bits per heavy atom. The lowest BCUT2D eigenvalue weighted by Gasteiger charge is -2.38. The molecule has 3 aromatic carbocycles. The van der Waals surface area contributed by atoms with E-state index in [0.29, 0.717) is 0 Å². The minimum Gasteiger partial charge on any atom is -0.353 e. The lowest BCUT2D eigenvalue weighted by molar-refractivity contribution is -0.0227. The van der Waals surface area contributed by atoms with Gasteiger partial charge in [-0.05, 0) is 40.6 Å². The van der Waals surface area contributed by atoms with Crippen LogP contribution in [0.25, 0.3) is 0 Å². The predicted octanol–water partition coefficient (Wildman–Crippen LogP) is 7.63. The van der Waals surface area contributed by atoms with Crippen LogP contribution < -0.4 is 0 Å². The van der Waals surface area contributed by atoms with E-state index >= 15 is 0 Å². The van der Waals surface area contributed by atoms with Crippen molar-refractivity contribution in [1.29, 1.82) is 0 Å². The van der Waals surface area contributed by atoms with Crippen molar-refractivity contribution in [2.24, 2.45) is 0 Å². The molecule has 1 atom stereocenters. The van der Waals surface area contributed by atoms with Crippen LogP contribution >= 0.6 is 15.9 Å². The molecule has 0 N–H and O–H groups in total. The number of hydrogen-bond acceptors (Lipinski definition) is 1. The molecule has 0 heterocycles. The van der Waals surface area contributed by atoms with Crippen molar-refractivity contribution in [3.63, 3.8) is 0 Å². The molecule has 0 spiro atoms. The molecule has 29 heavy (non-hydrogen) atoms. The van der Waals surface area contributed by atoms with Gasteiger partial charge in [-0.1, -0.05) is 126 Å². The van der Waals surface area contributed by atoms with E-state index in [1.165, 1.54) is 0 Å². The summed E-state index contributed by atoms with van der Waals surface area (Å²) in [5.41, 5.74) is 2.64. The molecule has 0 saturated heterocycles. The molecule has 0 radical (unpaired) electrons. The molecule has 1 unspecified atom stereocenters. The third-order valence-corrected chi connectivity index (χ3v) is 5.23. The van der Waals surface area contributed by atoms with Crippen molar-refractivity contribution in [2.75, 3.05) is 0 Å². The van der Waals surface area contributed by atoms with E-state index in [4.69, 9.17) is 4.74 Å². The van der Waals surface area contributed by atoms with Crippen molar-refractivity contribution >= 4 is 15.9 Å². The molecule has 148 valence electrons. The van der Waals surface area contributed by atoms with E-state index < -0.39 is 5.60 Å². The number of ether oxygens (including phenoxy) is 1. The zero-order valence-corrected chi connectivity index (χ0v) is 18.3. The van der Waals surface area contributed by atoms with Gasteiger partial charge in [0.1, 0.15) is 5.60 Å². The van der Waals surface area contributed by atoms with Crippen LogP contribution in [0, 0.1) is 0 Å². The van der Waals surface area contributed by atoms with Crippen molar-refractivity contribution in [3.05, 3.63) is 131 Å². The third kappa shape index (κ3) is 5.14. The maximum Gasteiger partial charge on any atom is 0.144 e. The van der Waals surface area contributed by atoms with E-state index in [1.807, 2.05) is 23.2 Å². The monoisotopic (exact) mass is 446 g/mol. The van der Waals surface area contributed by atoms with Crippen LogP contribution in [0.3, 0.4) is 0 Å². The predicted molar refractivity (Wildman–Crippen MR) is 126 cm³/mol. The zero-order chi connectivity index (χ0) is 20.4. The first-order valence-corrected chi connectivity index (χ1v) is 11.0. The molecule has 3 rings (SSSR count). The highest BCUT2D eigenvalue weighted by Crippen LogP contribution is 2.41. The van der Waals surface area contributed by atoms with Crippen LogP contribution in [0.1, 0.15) is 36.5 Å². The Labute approximate surface area is 182 Å². The smallest absolute Gasteiger partial charge is 0.144 e. The van der Waals surface area contributed by atoms with Gasteiger partial charge in [-0.3, -0.25) is 0 Å². The summed E-state index contributed by atoms with van der Waals surface area (Å²) < 4.78 is 7.02. The van der Waals surface area contributed by atoms with Crippen molar-refractivity contribution < 1.29 is 4.74 Å². The molecule has 0 bridgehead atoms. The van der Waals surface area contributed by atoms with Crippen LogP contribution in [0.4, 0.5) is 0 Å². The highest BCUT2D eigenvalue weighted by Gasteiger charge is 2.39. The average molecular weight is 447 g/mol. The number of benzene rings is 3. The summed E-state index contributed by atoms with van der Waals surface area (Å²) in [5.74, 6) is 0. The van der Waals surface area contributed by atoms with Crippen molar-refractivity contribution in [2.45, 2.75) is 31.5 Å². The Bertz CT molecular complexity index is 804. The van der Waals surface area contributed by atoms with E-state index in [0.717, 1.165) is 29.5 Å². The second-order valence-electron chi connectivity index (χ2n) is 6.87. The highest BCUT2D eigenvalue weighted by atomic mass is 79.9. The largest absolute Gasteiger partial charge is 0.353 e. The van der Waals surface area contributed by atoms with Gasteiger partial charge in [0.05, 0.1) is 6.10 Å². The minimum atomic E-state index is -0.707. The second kappa shape index (κ2) is 10.9. The Morgan fingerprint density at radius 2 is 1.21 bits per heavy atom. The van der Waals surface area contributed by atoms with Crippen LogP contribution in [0.2, 0.25) is 0 Å². The van der Waals surface area contributed by atoms with Gasteiger partial charge >= 0.3 is 0 Å². The van der Waals surface area contributed by atoms with Gasteiger partial charge in [-0.25, -0.2) is 0 Å². The maximum absolute atomic E-state index is 7.02. The first-order valence-electron chi connectivity index (χ1n) is 10.1. The van der Waals surface area contributed by atoms with Crippen LogP contribution in [-0.4, -0.2) is 6.10 Å². The summed E-state index contributed by atoms with van der Waals surface area (Å²) in [6, 6.07) is 31.5. The number of halogens is 1. The fraction of sp³-hybridized carbons (Fsp3) is 0.185. The molecule has 0 amide bonds. The van der Waals surface area contributed by atoms with Crippen molar-refractivity contribution in [1.82, 2.24) is 0 Å². The number of allylic oxidation sites excluding steroid dienone is 1. The van der Waals surface area contributed by atoms with Gasteiger partial charge in [0.15, 0.2) is 0 Å². The first kappa shape index (κ1) is 21.3. The average Bonchev–Trinajstić information content (AvgIpc) is 2.79. The van der Waals surface area contributed by atoms with E-state index in [-0.39, 0.29) is 6.10 Å². The van der Waals surface area contributed by atoms with Gasteiger partial charge < -0.3 is 4.74 Å². The van der Waals surface area contributed by atoms with E-state index in [9.17, 15) is 0 Å². The third-order valence-electron chi connectivity index (χ3n) is 4.93. The molecular formula is C27H27BrO. The van der Waals surface area contributed by atoms with E-state index in [1.54, 1.807) is 0 Å². The zero-order valence-electron chi connectivity index (χ0n) is 16.7. The standard InChI is InChI=1S/C27H27BrO/c1-2-3-7-20-26(21-22-28)29-27(23-14-8-4-9-15-23,24-16-10-5-11-17-24)25-18-12-6-13-19-25/h3-19,21-22,26H,2,20H2,1H3. The molecule has 0 fully saturated rings. The van der Waals surface area contributed by atoms with Gasteiger partial charge in [-0.15, -0.1) is 0 Å². The molecule has 2 heteroatoms. The first-order chi connectivity index (χ1) is 14.3. The Balaban J connectivity index is 2.20. The van der Waals surface area contributed by atoms with Gasteiger partial charge in [0.2, 0.25) is 0 Å². The van der Waals surface area contributed by atoms with E-state index in [2.05, 4.69) is 114 Å². The van der Waals surface area contributed by atoms with Gasteiger partial charge in [-0.2, -0.15) is 0 Å². The summed E-state index contributed by atoms with van der Waals surface area (Å²) in [6.07, 6.45) is 8.20. The highest BCUT2D eigenvalue weighted by molar-refractivity contribution is 9.11. The fourth-order valence-electron chi connectivity index (χ4n) is 3.59. The van der Waals surface area contributed by atoms with Crippen LogP contribution in [0.5, 0.6) is 0 Å². The summed E-state index contributed by atoms with van der Waals surface area (Å²) >= 11 is 3.45. The Morgan fingerprint density at radius 3 is 1.59 bits per heavy atom. The van der Waals surface area contributed by atoms with Crippen molar-refractivity contribution in [3.8, 4) is 0 Å². The SMILES string of the molecule is CCC=CCC(C=CBr)OC(c1ccccc1)(c1ccccc1)c1ccccc1. The molecule has 0 aliphatic carbocycles. The molecule has 3 aromatic rings. The lowest BCUT2D eigenvalue weighted by Crippen LogP contribution is -2.36. The molecule has 0 aromatic heterocycles. The van der Waals surface area contributed by atoms with Crippen LogP contribution in [-0.2, 0) is 10.3 Å². The summed E-state index contributed by atoms with van der Waals surface area (Å²) in [6.45, 7) is 2.15. The lowest BCUT2D eigenvalue weighted by atomic mass is 9.80. The minimum absolute atomic E-state index is 0.0854. The molecular weight excluding hydrogens is 420 g/mol. The molecule has 0 aliphatic heterocycles. The maximum atomic E-state index is 7.02.